The van der Waals surface area contributed by atoms with E-state index >= 15 is 0 Å². The van der Waals surface area contributed by atoms with E-state index in [9.17, 15) is 15.0 Å². The third-order valence-electron chi connectivity index (χ3n) is 7.50. The van der Waals surface area contributed by atoms with Gasteiger partial charge in [0.2, 0.25) is 0 Å². The fourth-order valence-electron chi connectivity index (χ4n) is 5.55. The molecule has 37 heavy (non-hydrogen) atoms. The molecule has 2 N–H and O–H groups in total. The second-order valence-corrected chi connectivity index (χ2v) is 10.5. The number of carboxylic acids is 1. The van der Waals surface area contributed by atoms with Crippen LogP contribution in [0.4, 0.5) is 0 Å². The maximum Gasteiger partial charge on any atom is 0.317 e. The first-order chi connectivity index (χ1) is 17.6. The number of fused-ring (bicyclic) bond motifs is 1. The van der Waals surface area contributed by atoms with E-state index < -0.39 is 11.6 Å². The first-order valence-corrected chi connectivity index (χ1v) is 12.5. The van der Waals surface area contributed by atoms with Gasteiger partial charge in [0.1, 0.15) is 29.3 Å². The lowest BCUT2D eigenvalue weighted by Crippen LogP contribution is -2.21. The number of rotatable bonds is 8. The Morgan fingerprint density at radius 1 is 1.19 bits per heavy atom. The van der Waals surface area contributed by atoms with Crippen LogP contribution in [0, 0.1) is 24.7 Å². The van der Waals surface area contributed by atoms with E-state index in [1.54, 1.807) is 37.8 Å². The van der Waals surface area contributed by atoms with E-state index in [0.717, 1.165) is 31.4 Å². The highest BCUT2D eigenvalue weighted by Gasteiger charge is 2.47. The van der Waals surface area contributed by atoms with Gasteiger partial charge in [-0.3, -0.25) is 4.79 Å². The molecule has 0 amide bonds. The predicted octanol–water partition coefficient (Wildman–Crippen LogP) is 3.05. The SMILES string of the molecule is Cc1nc(-c2nnn(C)c2COc2nccc(C(C)(C)O)n2)ccc1O[C@@H]1C[C@H]2CCC(C(=O)O)[C@H]2C1. The topological polar surface area (TPSA) is 145 Å². The number of nitrogens with zero attached hydrogens (tertiary/aromatic N) is 6. The highest BCUT2D eigenvalue weighted by molar-refractivity contribution is 5.71. The van der Waals surface area contributed by atoms with Crippen molar-refractivity contribution in [3.8, 4) is 23.1 Å². The lowest BCUT2D eigenvalue weighted by atomic mass is 9.92. The van der Waals surface area contributed by atoms with Gasteiger partial charge in [0.25, 0.3) is 0 Å². The van der Waals surface area contributed by atoms with Crippen LogP contribution in [0.3, 0.4) is 0 Å². The van der Waals surface area contributed by atoms with Gasteiger partial charge in [-0.15, -0.1) is 5.10 Å². The van der Waals surface area contributed by atoms with Crippen molar-refractivity contribution in [2.45, 2.75) is 64.8 Å². The summed E-state index contributed by atoms with van der Waals surface area (Å²) in [6.07, 6.45) is 4.93. The van der Waals surface area contributed by atoms with Crippen LogP contribution < -0.4 is 9.47 Å². The molecule has 3 aromatic heterocycles. The number of ether oxygens (including phenoxy) is 2. The minimum absolute atomic E-state index is 0.00337. The quantitative estimate of drug-likeness (QED) is 0.465. The zero-order chi connectivity index (χ0) is 26.3. The van der Waals surface area contributed by atoms with Crippen LogP contribution in [0.15, 0.2) is 24.4 Å². The summed E-state index contributed by atoms with van der Waals surface area (Å²) in [6.45, 7) is 5.30. The molecule has 4 atom stereocenters. The van der Waals surface area contributed by atoms with Crippen molar-refractivity contribution in [1.29, 1.82) is 0 Å². The zero-order valence-corrected chi connectivity index (χ0v) is 21.5. The van der Waals surface area contributed by atoms with E-state index in [1.165, 1.54) is 0 Å². The van der Waals surface area contributed by atoms with Crippen molar-refractivity contribution in [1.82, 2.24) is 29.9 Å². The van der Waals surface area contributed by atoms with E-state index in [4.69, 9.17) is 14.5 Å². The maximum absolute atomic E-state index is 11.6. The molecule has 3 heterocycles. The van der Waals surface area contributed by atoms with Crippen LogP contribution in [0.25, 0.3) is 11.4 Å². The van der Waals surface area contributed by atoms with Gasteiger partial charge in [0, 0.05) is 13.2 Å². The molecule has 3 aromatic rings. The zero-order valence-electron chi connectivity index (χ0n) is 21.5. The Kier molecular flexibility index (Phi) is 6.57. The van der Waals surface area contributed by atoms with Gasteiger partial charge >= 0.3 is 12.0 Å². The van der Waals surface area contributed by atoms with E-state index in [1.807, 2.05) is 19.1 Å². The molecule has 0 spiro atoms. The Labute approximate surface area is 214 Å². The molecule has 0 bridgehead atoms. The summed E-state index contributed by atoms with van der Waals surface area (Å²) in [5.41, 5.74) is 1.98. The van der Waals surface area contributed by atoms with Crippen molar-refractivity contribution in [2.24, 2.45) is 24.8 Å². The van der Waals surface area contributed by atoms with Crippen LogP contribution in [0.5, 0.6) is 11.8 Å². The van der Waals surface area contributed by atoms with Crippen LogP contribution in [0.1, 0.15) is 56.6 Å². The Bertz CT molecular complexity index is 1300. The Morgan fingerprint density at radius 2 is 2.00 bits per heavy atom. The van der Waals surface area contributed by atoms with Crippen LogP contribution in [-0.2, 0) is 24.1 Å². The molecule has 0 aliphatic heterocycles. The molecule has 196 valence electrons. The number of hydrogen-bond donors (Lipinski definition) is 2. The largest absolute Gasteiger partial charge is 0.489 e. The van der Waals surface area contributed by atoms with Gasteiger partial charge in [-0.1, -0.05) is 5.21 Å². The van der Waals surface area contributed by atoms with E-state index in [2.05, 4.69) is 20.3 Å². The van der Waals surface area contributed by atoms with Gasteiger partial charge in [0.05, 0.1) is 29.1 Å². The number of aryl methyl sites for hydroxylation is 2. The number of hydrogen-bond acceptors (Lipinski definition) is 9. The molecule has 2 aliphatic carbocycles. The van der Waals surface area contributed by atoms with Crippen molar-refractivity contribution < 1.29 is 24.5 Å². The van der Waals surface area contributed by atoms with Crippen LogP contribution in [0.2, 0.25) is 0 Å². The Balaban J connectivity index is 1.28. The summed E-state index contributed by atoms with van der Waals surface area (Å²) < 4.78 is 13.7. The lowest BCUT2D eigenvalue weighted by Gasteiger charge is -2.18. The third-order valence-corrected chi connectivity index (χ3v) is 7.50. The van der Waals surface area contributed by atoms with Gasteiger partial charge in [-0.05, 0) is 76.5 Å². The number of carboxylic acid groups (broad SMARTS) is 1. The van der Waals surface area contributed by atoms with Crippen molar-refractivity contribution >= 4 is 5.97 Å². The van der Waals surface area contributed by atoms with Gasteiger partial charge in [-0.25, -0.2) is 14.6 Å². The summed E-state index contributed by atoms with van der Waals surface area (Å²) in [5, 5.41) is 28.1. The summed E-state index contributed by atoms with van der Waals surface area (Å²) in [6, 6.07) is 5.52. The standard InChI is InChI=1S/C26H32N6O5/c1-14-21(37-16-11-15-5-6-17(24(33)34)18(15)12-16)8-7-19(28-14)23-20(32(4)31-30-23)13-36-25-27-10-9-22(29-25)26(2,3)35/h7-10,15-18,35H,5-6,11-13H2,1-4H3,(H,33,34)/t15-,16-,17?,18+/m1/s1. The Hall–Kier alpha value is -3.60. The minimum Gasteiger partial charge on any atom is -0.489 e. The number of carbonyl (C=O) groups is 1. The van der Waals surface area contributed by atoms with Gasteiger partial charge < -0.3 is 19.7 Å². The summed E-state index contributed by atoms with van der Waals surface area (Å²) in [7, 11) is 1.77. The van der Waals surface area contributed by atoms with Gasteiger partial charge in [0.15, 0.2) is 0 Å². The maximum atomic E-state index is 11.6. The summed E-state index contributed by atoms with van der Waals surface area (Å²) in [5.74, 6) is 0.384. The Morgan fingerprint density at radius 3 is 2.73 bits per heavy atom. The molecule has 2 saturated carbocycles. The number of aliphatic hydroxyl groups is 1. The average molecular weight is 509 g/mol. The highest BCUT2D eigenvalue weighted by atomic mass is 16.5. The van der Waals surface area contributed by atoms with Crippen LogP contribution in [-0.4, -0.2) is 52.2 Å². The van der Waals surface area contributed by atoms with Crippen molar-refractivity contribution in [2.75, 3.05) is 0 Å². The minimum atomic E-state index is -1.11. The van der Waals surface area contributed by atoms with E-state index in [0.29, 0.717) is 34.4 Å². The molecule has 0 aromatic carbocycles. The number of aromatic nitrogens is 6. The number of aliphatic carboxylic acids is 1. The molecule has 2 aliphatic rings. The van der Waals surface area contributed by atoms with Crippen LogP contribution >= 0.6 is 0 Å². The normalized spacial score (nSPS) is 23.2. The molecule has 11 heteroatoms. The van der Waals surface area contributed by atoms with Gasteiger partial charge in [-0.2, -0.15) is 4.98 Å². The van der Waals surface area contributed by atoms with E-state index in [-0.39, 0.29) is 30.6 Å². The average Bonchev–Trinajstić information content (AvgIpc) is 3.52. The molecule has 2 fully saturated rings. The summed E-state index contributed by atoms with van der Waals surface area (Å²) >= 11 is 0. The number of pyridine rings is 1. The summed E-state index contributed by atoms with van der Waals surface area (Å²) in [4.78, 5) is 24.7. The second kappa shape index (κ2) is 9.70. The van der Waals surface area contributed by atoms with Crippen molar-refractivity contribution in [3.05, 3.63) is 41.5 Å². The molecule has 1 unspecified atom stereocenters. The lowest BCUT2D eigenvalue weighted by molar-refractivity contribution is -0.143. The molecule has 0 radical (unpaired) electrons. The first-order valence-electron chi connectivity index (χ1n) is 12.5. The molecule has 0 saturated heterocycles. The first kappa shape index (κ1) is 25.1. The van der Waals surface area contributed by atoms with Crippen molar-refractivity contribution in [3.63, 3.8) is 0 Å². The smallest absolute Gasteiger partial charge is 0.317 e. The highest BCUT2D eigenvalue weighted by Crippen LogP contribution is 2.48. The monoisotopic (exact) mass is 508 g/mol. The molecule has 5 rings (SSSR count). The molecular weight excluding hydrogens is 476 g/mol. The fraction of sp³-hybridized carbons (Fsp3) is 0.538. The second-order valence-electron chi connectivity index (χ2n) is 10.5. The molecule has 11 nitrogen and oxygen atoms in total. The fourth-order valence-corrected chi connectivity index (χ4v) is 5.55. The predicted molar refractivity (Wildman–Crippen MR) is 132 cm³/mol. The third kappa shape index (κ3) is 5.13. The molecular formula is C26H32N6O5.